The smallest absolute Gasteiger partial charge is 0.354 e. The van der Waals surface area contributed by atoms with Crippen LogP contribution < -0.4 is 0 Å². The number of nitrogens with zero attached hydrogens (tertiary/aromatic N) is 2. The summed E-state index contributed by atoms with van der Waals surface area (Å²) in [7, 11) is 0. The summed E-state index contributed by atoms with van der Waals surface area (Å²) in [6.45, 7) is 0. The number of aromatic nitrogens is 4. The molecule has 5 heterocycles. The van der Waals surface area contributed by atoms with Gasteiger partial charge in [0.1, 0.15) is 0 Å². The van der Waals surface area contributed by atoms with Gasteiger partial charge in [0.15, 0.2) is 0 Å². The van der Waals surface area contributed by atoms with Crippen molar-refractivity contribution >= 4 is 46.4 Å². The Balaban J connectivity index is 0.884. The summed E-state index contributed by atoms with van der Waals surface area (Å²) in [4.78, 5) is 19.9. The van der Waals surface area contributed by atoms with Gasteiger partial charge in [0, 0.05) is 44.3 Å². The molecule has 25 rings (SSSR count). The molecule has 0 radical (unpaired) electrons. The highest BCUT2D eigenvalue weighted by Gasteiger charge is 2.60. The Bertz CT molecular complexity index is 4660. The number of fused-ring (bicyclic) bond motifs is 48. The lowest BCUT2D eigenvalue weighted by Gasteiger charge is -2.32. The molecule has 0 saturated heterocycles. The van der Waals surface area contributed by atoms with Crippen LogP contribution in [0.2, 0.25) is 0 Å². The van der Waals surface area contributed by atoms with Gasteiger partial charge in [-0.3, -0.25) is 0 Å². The Kier molecular flexibility index (Phi) is 11.5. The fourth-order valence-electron chi connectivity index (χ4n) is 28.7. The molecule has 8 fully saturated rings. The maximum atomic E-state index is 16.5. The van der Waals surface area contributed by atoms with E-state index in [9.17, 15) is 0 Å². The van der Waals surface area contributed by atoms with Crippen LogP contribution in [-0.4, -0.2) is 19.9 Å². The SMILES string of the molecule is FC(F)(F)c1c2c(c(-c3c4nc(c(-c5c6c(c(C(F)(F)F)c7c5[C@H]5CC[C@@H]7C5)[C@@H]5CC[C@H]6C5)c5ccc([nH]5)c(-c5c6c(c(C(F)(F)F)c7c5[C@H]5CC[C@@H]7C5)[C@@H]5CC[C@H]6C5)c5nc(c(-c6c7c(c(C(F)(F)F)c8c6[C@H]6CC[C@@H]8C6)[C@@H]6CC[C@H]7C6)c6ccc3[nH]6)C=C5)C=C4)c3c1[C@@H]1CC[C@H]3C1)[C@H]1CC[C@@H]2C1. The van der Waals surface area contributed by atoms with Gasteiger partial charge in [-0.2, -0.15) is 52.7 Å². The average molecular weight is 1420 g/mol. The van der Waals surface area contributed by atoms with Crippen LogP contribution in [0.1, 0.15) is 383 Å². The predicted octanol–water partition coefficient (Wildman–Crippen LogP) is 26.3. The lowest BCUT2D eigenvalue weighted by atomic mass is 9.73. The first-order valence-corrected chi connectivity index (χ1v) is 39.5. The quantitative estimate of drug-likeness (QED) is 0.173. The number of H-pyrrole nitrogens is 2. The third-order valence-corrected chi connectivity index (χ3v) is 31.5. The molecule has 4 aromatic carbocycles. The predicted molar refractivity (Wildman–Crippen MR) is 375 cm³/mol. The minimum Gasteiger partial charge on any atom is -0.354 e. The number of benzene rings is 4. The molecule has 16 heteroatoms. The molecule has 7 aromatic rings. The van der Waals surface area contributed by atoms with Crippen LogP contribution in [0.3, 0.4) is 0 Å². The van der Waals surface area contributed by atoms with E-state index in [1.54, 1.807) is 0 Å². The Morgan fingerprint density at radius 1 is 0.212 bits per heavy atom. The fraction of sp³-hybridized carbons (Fsp3) is 0.500. The summed E-state index contributed by atoms with van der Waals surface area (Å²) in [6, 6.07) is 8.06. The monoisotopic (exact) mass is 1410 g/mol. The number of halogens is 12. The van der Waals surface area contributed by atoms with E-state index in [0.29, 0.717) is 214 Å². The van der Waals surface area contributed by atoms with E-state index >= 15 is 52.7 Å². The molecule has 0 spiro atoms. The number of aromatic amines is 2. The molecule has 16 atom stereocenters. The van der Waals surface area contributed by atoms with Gasteiger partial charge in [-0.15, -0.1) is 0 Å². The van der Waals surface area contributed by atoms with Crippen molar-refractivity contribution in [1.29, 1.82) is 0 Å². The van der Waals surface area contributed by atoms with Crippen molar-refractivity contribution < 1.29 is 52.7 Å². The molecule has 18 aliphatic rings. The lowest BCUT2D eigenvalue weighted by molar-refractivity contribution is -0.140. The topological polar surface area (TPSA) is 57.4 Å². The number of nitrogens with one attached hydrogen (secondary N) is 2. The summed E-state index contributed by atoms with van der Waals surface area (Å²) >= 11 is 0. The molecule has 0 amide bonds. The lowest BCUT2D eigenvalue weighted by Crippen LogP contribution is -2.20. The van der Waals surface area contributed by atoms with Crippen molar-refractivity contribution in [3.8, 4) is 44.5 Å². The highest BCUT2D eigenvalue weighted by molar-refractivity contribution is 6.05. The van der Waals surface area contributed by atoms with Gasteiger partial charge >= 0.3 is 24.7 Å². The van der Waals surface area contributed by atoms with Crippen molar-refractivity contribution in [3.63, 3.8) is 0 Å². The third kappa shape index (κ3) is 7.50. The largest absolute Gasteiger partial charge is 0.416 e. The molecular weight excluding hydrogens is 1340 g/mol. The Morgan fingerprint density at radius 3 is 0.500 bits per heavy atom. The van der Waals surface area contributed by atoms with Crippen LogP contribution in [0.25, 0.3) is 90.9 Å². The molecule has 530 valence electrons. The van der Waals surface area contributed by atoms with Crippen molar-refractivity contribution in [2.24, 2.45) is 0 Å². The van der Waals surface area contributed by atoms with E-state index < -0.39 is 47.0 Å². The average Bonchev–Trinajstić information content (AvgIpc) is 1.53. The van der Waals surface area contributed by atoms with Gasteiger partial charge in [-0.05, 0) is 409 Å². The summed E-state index contributed by atoms with van der Waals surface area (Å²) < 4.78 is 198. The number of hydrogen-bond acceptors (Lipinski definition) is 2. The van der Waals surface area contributed by atoms with Gasteiger partial charge in [0.2, 0.25) is 0 Å². The van der Waals surface area contributed by atoms with Crippen LogP contribution in [0.15, 0.2) is 24.3 Å². The minimum absolute atomic E-state index is 0.157. The van der Waals surface area contributed by atoms with Gasteiger partial charge in [0.05, 0.1) is 45.0 Å². The zero-order valence-corrected chi connectivity index (χ0v) is 57.3. The summed E-state index contributed by atoms with van der Waals surface area (Å²) in [5.41, 5.74) is 17.8. The highest BCUT2D eigenvalue weighted by Crippen LogP contribution is 2.74. The molecule has 4 nitrogen and oxygen atoms in total. The minimum atomic E-state index is -4.61. The van der Waals surface area contributed by atoms with Crippen LogP contribution in [0.5, 0.6) is 0 Å². The van der Waals surface area contributed by atoms with Crippen LogP contribution >= 0.6 is 0 Å². The van der Waals surface area contributed by atoms with E-state index in [2.05, 4.69) is 9.97 Å². The van der Waals surface area contributed by atoms with E-state index in [-0.39, 0.29) is 94.7 Å². The molecular formula is C88H74F12N4. The second-order valence-electron chi connectivity index (χ2n) is 35.8. The summed E-state index contributed by atoms with van der Waals surface area (Å²) in [5, 5.41) is 0. The van der Waals surface area contributed by atoms with E-state index in [4.69, 9.17) is 9.97 Å². The molecule has 104 heavy (non-hydrogen) atoms. The molecule has 0 unspecified atom stereocenters. The number of rotatable bonds is 4. The van der Waals surface area contributed by atoms with Crippen LogP contribution in [0, 0.1) is 0 Å². The summed E-state index contributed by atoms with van der Waals surface area (Å²) in [5.74, 6) is -3.56. The second kappa shape index (κ2) is 19.7. The Labute approximate surface area is 592 Å². The number of alkyl halides is 12. The van der Waals surface area contributed by atoms with Crippen molar-refractivity contribution in [3.05, 3.63) is 158 Å². The highest BCUT2D eigenvalue weighted by atomic mass is 19.4. The maximum Gasteiger partial charge on any atom is 0.416 e. The van der Waals surface area contributed by atoms with Crippen molar-refractivity contribution in [1.82, 2.24) is 19.9 Å². The molecule has 2 aliphatic heterocycles. The van der Waals surface area contributed by atoms with Crippen LogP contribution in [0.4, 0.5) is 52.7 Å². The maximum absolute atomic E-state index is 16.5. The van der Waals surface area contributed by atoms with E-state index in [1.807, 2.05) is 48.6 Å². The van der Waals surface area contributed by atoms with E-state index in [1.165, 1.54) is 0 Å². The standard InChI is InChI=1S/C88H74F12N4/c89-85(90,91)81-65-41-9-1-33(25-41)57(65)77(58-34-2-10-42(26-34)66(58)81)73-49-17-19-51(101-49)74(78-59-35-3-11-43(27-35)67(59)82(86(92,93)94)68-44-12-4-36(28-44)60(68)78)53-21-23-55(103-53)76(80-63-39-7-15-47(31-39)71(63)84(88(98,99)100)72-48-16-8-40(32-48)64(72)80)56-24-22-54(104-56)75(52-20-18-50(73)102-52)79-61-37-5-13-45(29-37)69(61)83(87(95,96)97)70-46-14-6-38(30-46)62(70)79/h17-24,33-48,101,104H,1-16,25-32H2/t33-,34-,35-,36-,37-,38-,39-,40-,41+,42+,43+,44+,45+,46+,47+,48+/m0/s1. The Morgan fingerprint density at radius 2 is 0.356 bits per heavy atom. The first-order valence-electron chi connectivity index (χ1n) is 39.5. The first-order chi connectivity index (χ1) is 50.1. The fourth-order valence-corrected chi connectivity index (χ4v) is 28.7. The van der Waals surface area contributed by atoms with Crippen molar-refractivity contribution in [2.75, 3.05) is 0 Å². The molecule has 24 bridgehead atoms. The zero-order chi connectivity index (χ0) is 69.5. The molecule has 16 aliphatic carbocycles. The Hall–Kier alpha value is -7.36. The van der Waals surface area contributed by atoms with Crippen LogP contribution in [-0.2, 0) is 24.7 Å². The van der Waals surface area contributed by atoms with Gasteiger partial charge < -0.3 is 9.97 Å². The van der Waals surface area contributed by atoms with Gasteiger partial charge in [-0.1, -0.05) is 0 Å². The molecule has 8 saturated carbocycles. The zero-order valence-electron chi connectivity index (χ0n) is 57.3. The van der Waals surface area contributed by atoms with Crippen molar-refractivity contribution in [2.45, 2.75) is 273 Å². The molecule has 3 aromatic heterocycles. The second-order valence-corrected chi connectivity index (χ2v) is 35.8. The number of hydrogen-bond donors (Lipinski definition) is 2. The normalized spacial score (nSPS) is 31.8. The first kappa shape index (κ1) is 60.7. The third-order valence-electron chi connectivity index (χ3n) is 31.5. The van der Waals surface area contributed by atoms with E-state index in [0.717, 1.165) is 118 Å². The molecule has 2 N–H and O–H groups in total. The van der Waals surface area contributed by atoms with Gasteiger partial charge in [0.25, 0.3) is 0 Å². The summed E-state index contributed by atoms with van der Waals surface area (Å²) in [6.07, 6.45) is 5.39. The van der Waals surface area contributed by atoms with Gasteiger partial charge in [-0.25, -0.2) is 9.97 Å².